The molecule has 1 aromatic carbocycles. The number of carbonyl (C=O) groups is 1. The third kappa shape index (κ3) is 3.57. The fourth-order valence-corrected chi connectivity index (χ4v) is 2.82. The first-order chi connectivity index (χ1) is 9.22. The number of hydrogen-bond donors (Lipinski definition) is 2. The number of hydrogen-bond acceptors (Lipinski definition) is 2. The van der Waals surface area contributed by atoms with Crippen LogP contribution in [0.3, 0.4) is 0 Å². The molecule has 3 nitrogen and oxygen atoms in total. The number of rotatable bonds is 4. The molecule has 0 radical (unpaired) electrons. The number of amides is 1. The first-order valence-corrected chi connectivity index (χ1v) is 7.25. The van der Waals surface area contributed by atoms with Crippen molar-refractivity contribution in [2.45, 2.75) is 57.1 Å². The predicted molar refractivity (Wildman–Crippen MR) is 75.9 cm³/mol. The van der Waals surface area contributed by atoms with Gasteiger partial charge in [-0.1, -0.05) is 50.1 Å². The highest BCUT2D eigenvalue weighted by Crippen LogP contribution is 2.22. The number of benzene rings is 1. The first-order valence-electron chi connectivity index (χ1n) is 7.25. The van der Waals surface area contributed by atoms with Crippen molar-refractivity contribution in [3.8, 4) is 0 Å². The summed E-state index contributed by atoms with van der Waals surface area (Å²) in [4.78, 5) is 12.4. The van der Waals surface area contributed by atoms with Gasteiger partial charge in [-0.15, -0.1) is 0 Å². The summed E-state index contributed by atoms with van der Waals surface area (Å²) in [6.07, 6.45) is 4.23. The van der Waals surface area contributed by atoms with Gasteiger partial charge in [0.25, 0.3) is 0 Å². The number of aliphatic hydroxyl groups is 1. The predicted octanol–water partition coefficient (Wildman–Crippen LogP) is 2.60. The molecule has 2 N–H and O–H groups in total. The Morgan fingerprint density at radius 1 is 1.32 bits per heavy atom. The van der Waals surface area contributed by atoms with Gasteiger partial charge in [0.2, 0.25) is 5.91 Å². The molecule has 0 bridgehead atoms. The molecule has 104 valence electrons. The van der Waals surface area contributed by atoms with E-state index in [0.717, 1.165) is 37.7 Å². The molecular formula is C16H23NO2. The molecule has 1 unspecified atom stereocenters. The minimum absolute atomic E-state index is 0.0413. The van der Waals surface area contributed by atoms with Gasteiger partial charge in [-0.05, 0) is 24.8 Å². The van der Waals surface area contributed by atoms with E-state index in [-0.39, 0.29) is 24.0 Å². The molecule has 0 heterocycles. The van der Waals surface area contributed by atoms with Gasteiger partial charge in [0.1, 0.15) is 0 Å². The standard InChI is InChI=1S/C16H23NO2/c1-2-13(12-8-4-3-5-9-12)16(19)17-14-10-6-7-11-15(14)18/h3-5,8-9,13-15,18H,2,6-7,10-11H2,1H3,(H,17,19)/t13?,14-,15-/m0/s1. The van der Waals surface area contributed by atoms with Gasteiger partial charge in [0.05, 0.1) is 18.1 Å². The third-order valence-corrected chi connectivity index (χ3v) is 3.98. The Kier molecular flexibility index (Phi) is 4.97. The van der Waals surface area contributed by atoms with E-state index in [1.54, 1.807) is 0 Å². The number of carbonyl (C=O) groups excluding carboxylic acids is 1. The molecule has 1 amide bonds. The van der Waals surface area contributed by atoms with Crippen molar-refractivity contribution in [1.82, 2.24) is 5.32 Å². The summed E-state index contributed by atoms with van der Waals surface area (Å²) in [7, 11) is 0. The van der Waals surface area contributed by atoms with Crippen molar-refractivity contribution >= 4 is 5.91 Å². The second-order valence-corrected chi connectivity index (χ2v) is 5.34. The second kappa shape index (κ2) is 6.71. The highest BCUT2D eigenvalue weighted by atomic mass is 16.3. The summed E-state index contributed by atoms with van der Waals surface area (Å²) in [5.74, 6) is -0.0741. The zero-order chi connectivity index (χ0) is 13.7. The molecule has 2 rings (SSSR count). The Morgan fingerprint density at radius 3 is 2.63 bits per heavy atom. The maximum Gasteiger partial charge on any atom is 0.227 e. The number of nitrogens with one attached hydrogen (secondary N) is 1. The van der Waals surface area contributed by atoms with Crippen LogP contribution in [0, 0.1) is 0 Å². The van der Waals surface area contributed by atoms with Crippen molar-refractivity contribution in [3.05, 3.63) is 35.9 Å². The Morgan fingerprint density at radius 2 is 2.00 bits per heavy atom. The molecule has 19 heavy (non-hydrogen) atoms. The molecule has 0 spiro atoms. The maximum absolute atomic E-state index is 12.4. The lowest BCUT2D eigenvalue weighted by molar-refractivity contribution is -0.124. The Hall–Kier alpha value is -1.35. The third-order valence-electron chi connectivity index (χ3n) is 3.98. The molecule has 1 aromatic rings. The summed E-state index contributed by atoms with van der Waals surface area (Å²) >= 11 is 0. The van der Waals surface area contributed by atoms with E-state index in [0.29, 0.717) is 0 Å². The SMILES string of the molecule is CCC(C(=O)N[C@H]1CCCC[C@@H]1O)c1ccccc1. The van der Waals surface area contributed by atoms with Gasteiger partial charge < -0.3 is 10.4 Å². The molecule has 1 saturated carbocycles. The Balaban J connectivity index is 2.01. The number of aliphatic hydroxyl groups excluding tert-OH is 1. The zero-order valence-corrected chi connectivity index (χ0v) is 11.5. The van der Waals surface area contributed by atoms with Crippen molar-refractivity contribution in [2.24, 2.45) is 0 Å². The smallest absolute Gasteiger partial charge is 0.227 e. The van der Waals surface area contributed by atoms with E-state index in [1.807, 2.05) is 37.3 Å². The van der Waals surface area contributed by atoms with Gasteiger partial charge in [0.15, 0.2) is 0 Å². The van der Waals surface area contributed by atoms with Crippen molar-refractivity contribution in [3.63, 3.8) is 0 Å². The second-order valence-electron chi connectivity index (χ2n) is 5.34. The fraction of sp³-hybridized carbons (Fsp3) is 0.562. The normalized spacial score (nSPS) is 24.7. The van der Waals surface area contributed by atoms with Crippen molar-refractivity contribution in [1.29, 1.82) is 0 Å². The van der Waals surface area contributed by atoms with Crippen LogP contribution in [0.4, 0.5) is 0 Å². The Labute approximate surface area is 115 Å². The summed E-state index contributed by atoms with van der Waals surface area (Å²) in [6, 6.07) is 9.79. The van der Waals surface area contributed by atoms with E-state index in [9.17, 15) is 9.90 Å². The highest BCUT2D eigenvalue weighted by Gasteiger charge is 2.27. The van der Waals surface area contributed by atoms with E-state index < -0.39 is 0 Å². The van der Waals surface area contributed by atoms with Crippen molar-refractivity contribution in [2.75, 3.05) is 0 Å². The molecule has 1 aliphatic carbocycles. The molecule has 1 fully saturated rings. The molecule has 0 aromatic heterocycles. The molecule has 1 aliphatic rings. The lowest BCUT2D eigenvalue weighted by Crippen LogP contribution is -2.46. The van der Waals surface area contributed by atoms with Gasteiger partial charge in [-0.2, -0.15) is 0 Å². The monoisotopic (exact) mass is 261 g/mol. The topological polar surface area (TPSA) is 49.3 Å². The van der Waals surface area contributed by atoms with E-state index in [1.165, 1.54) is 0 Å². The van der Waals surface area contributed by atoms with Crippen LogP contribution in [-0.4, -0.2) is 23.2 Å². The zero-order valence-electron chi connectivity index (χ0n) is 11.5. The molecule has 0 aliphatic heterocycles. The molecular weight excluding hydrogens is 238 g/mol. The van der Waals surface area contributed by atoms with E-state index >= 15 is 0 Å². The largest absolute Gasteiger partial charge is 0.391 e. The summed E-state index contributed by atoms with van der Waals surface area (Å²) in [5, 5.41) is 13.0. The van der Waals surface area contributed by atoms with E-state index in [2.05, 4.69) is 5.32 Å². The summed E-state index contributed by atoms with van der Waals surface area (Å²) < 4.78 is 0. The van der Waals surface area contributed by atoms with Crippen LogP contribution in [0.25, 0.3) is 0 Å². The average molecular weight is 261 g/mol. The Bertz CT molecular complexity index is 404. The minimum Gasteiger partial charge on any atom is -0.391 e. The first kappa shape index (κ1) is 14.1. The van der Waals surface area contributed by atoms with Crippen LogP contribution in [0.2, 0.25) is 0 Å². The van der Waals surface area contributed by atoms with Crippen LogP contribution in [-0.2, 0) is 4.79 Å². The summed E-state index contributed by atoms with van der Waals surface area (Å²) in [6.45, 7) is 2.02. The molecule has 3 heteroatoms. The maximum atomic E-state index is 12.4. The van der Waals surface area contributed by atoms with Crippen LogP contribution in [0.1, 0.15) is 50.5 Å². The lowest BCUT2D eigenvalue weighted by atomic mass is 9.90. The average Bonchev–Trinajstić information content (AvgIpc) is 2.43. The van der Waals surface area contributed by atoms with Crippen LogP contribution < -0.4 is 5.32 Å². The van der Waals surface area contributed by atoms with Crippen molar-refractivity contribution < 1.29 is 9.90 Å². The minimum atomic E-state index is -0.383. The fourth-order valence-electron chi connectivity index (χ4n) is 2.82. The lowest BCUT2D eigenvalue weighted by Gasteiger charge is -2.29. The van der Waals surface area contributed by atoms with Gasteiger partial charge in [-0.3, -0.25) is 4.79 Å². The highest BCUT2D eigenvalue weighted by molar-refractivity contribution is 5.83. The van der Waals surface area contributed by atoms with Gasteiger partial charge >= 0.3 is 0 Å². The van der Waals surface area contributed by atoms with Crippen LogP contribution >= 0.6 is 0 Å². The molecule has 0 saturated heterocycles. The summed E-state index contributed by atoms with van der Waals surface area (Å²) in [5.41, 5.74) is 1.05. The van der Waals surface area contributed by atoms with E-state index in [4.69, 9.17) is 0 Å². The van der Waals surface area contributed by atoms with Gasteiger partial charge in [-0.25, -0.2) is 0 Å². The van der Waals surface area contributed by atoms with Gasteiger partial charge in [0, 0.05) is 0 Å². The van der Waals surface area contributed by atoms with Crippen LogP contribution in [0.15, 0.2) is 30.3 Å². The molecule has 3 atom stereocenters. The van der Waals surface area contributed by atoms with Crippen LogP contribution in [0.5, 0.6) is 0 Å². The quantitative estimate of drug-likeness (QED) is 0.875.